The average Bonchev–Trinajstić information content (AvgIpc) is 2.94. The molecule has 178 valence electrons. The van der Waals surface area contributed by atoms with Gasteiger partial charge in [0.1, 0.15) is 5.75 Å². The van der Waals surface area contributed by atoms with Crippen LogP contribution in [0.4, 0.5) is 0 Å². The lowest BCUT2D eigenvalue weighted by atomic mass is 10.0. The van der Waals surface area contributed by atoms with E-state index in [9.17, 15) is 4.79 Å². The number of benzene rings is 2. The van der Waals surface area contributed by atoms with Gasteiger partial charge in [-0.3, -0.25) is 14.7 Å². The lowest BCUT2D eigenvalue weighted by molar-refractivity contribution is 0.0162. The fourth-order valence-corrected chi connectivity index (χ4v) is 4.47. The maximum atomic E-state index is 13.5. The van der Waals surface area contributed by atoms with Gasteiger partial charge >= 0.3 is 0 Å². The lowest BCUT2D eigenvalue weighted by Crippen LogP contribution is -2.43. The number of hydrogen-bond donors (Lipinski definition) is 1. The largest absolute Gasteiger partial charge is 0.497 e. The number of nitrogens with one attached hydrogen (secondary N) is 1. The summed E-state index contributed by atoms with van der Waals surface area (Å²) in [5, 5.41) is 4.01. The second kappa shape index (κ2) is 10.6. The van der Waals surface area contributed by atoms with Crippen LogP contribution in [0, 0.1) is 0 Å². The number of para-hydroxylation sites is 1. The molecule has 1 atom stereocenters. The molecule has 1 aliphatic rings. The van der Waals surface area contributed by atoms with Crippen LogP contribution in [0.2, 0.25) is 0 Å². The molecule has 1 saturated heterocycles. The van der Waals surface area contributed by atoms with Crippen molar-refractivity contribution in [1.82, 2.24) is 20.2 Å². The molecule has 35 heavy (non-hydrogen) atoms. The van der Waals surface area contributed by atoms with Crippen LogP contribution >= 0.6 is 0 Å². The first-order valence-electron chi connectivity index (χ1n) is 11.8. The second-order valence-electron chi connectivity index (χ2n) is 8.43. The summed E-state index contributed by atoms with van der Waals surface area (Å²) in [5.41, 5.74) is 3.89. The van der Waals surface area contributed by atoms with Crippen molar-refractivity contribution in [3.8, 4) is 17.1 Å². The molecule has 1 N–H and O–H groups in total. The van der Waals surface area contributed by atoms with Gasteiger partial charge in [-0.2, -0.15) is 0 Å². The maximum absolute atomic E-state index is 13.5. The molecule has 1 unspecified atom stereocenters. The number of carbonyl (C=O) groups excluding carboxylic acids is 1. The van der Waals surface area contributed by atoms with Gasteiger partial charge in [-0.25, -0.2) is 4.98 Å². The van der Waals surface area contributed by atoms with Crippen molar-refractivity contribution in [1.29, 1.82) is 0 Å². The first-order valence-corrected chi connectivity index (χ1v) is 11.8. The number of aromatic nitrogens is 2. The van der Waals surface area contributed by atoms with E-state index in [2.05, 4.69) is 27.3 Å². The number of morpholine rings is 1. The first-order chi connectivity index (χ1) is 17.2. The minimum Gasteiger partial charge on any atom is -0.497 e. The average molecular weight is 469 g/mol. The van der Waals surface area contributed by atoms with Crippen LogP contribution in [-0.2, 0) is 4.74 Å². The third-order valence-electron chi connectivity index (χ3n) is 6.33. The molecule has 1 fully saturated rings. The van der Waals surface area contributed by atoms with E-state index < -0.39 is 0 Å². The molecule has 1 amide bonds. The smallest absolute Gasteiger partial charge is 0.252 e. The normalized spacial score (nSPS) is 15.0. The molecule has 7 heteroatoms. The minimum atomic E-state index is -0.132. The fraction of sp³-hybridized carbons (Fsp3) is 0.250. The fourth-order valence-electron chi connectivity index (χ4n) is 4.47. The Hall–Kier alpha value is -3.81. The van der Waals surface area contributed by atoms with Crippen LogP contribution in [0.1, 0.15) is 22.0 Å². The molecule has 5 rings (SSSR count). The molecule has 7 nitrogen and oxygen atoms in total. The Kier molecular flexibility index (Phi) is 6.97. The molecule has 0 saturated carbocycles. The van der Waals surface area contributed by atoms with Gasteiger partial charge in [0.15, 0.2) is 0 Å². The number of hydrogen-bond acceptors (Lipinski definition) is 6. The van der Waals surface area contributed by atoms with Crippen molar-refractivity contribution in [2.24, 2.45) is 0 Å². The Labute approximate surface area is 204 Å². The van der Waals surface area contributed by atoms with E-state index in [0.29, 0.717) is 31.0 Å². The molecule has 3 heterocycles. The number of carbonyl (C=O) groups is 1. The summed E-state index contributed by atoms with van der Waals surface area (Å²) in [6.45, 7) is 3.47. The summed E-state index contributed by atoms with van der Waals surface area (Å²) in [5.74, 6) is 0.677. The highest BCUT2D eigenvalue weighted by Gasteiger charge is 2.24. The van der Waals surface area contributed by atoms with Crippen molar-refractivity contribution >= 4 is 16.8 Å². The van der Waals surface area contributed by atoms with E-state index in [1.54, 1.807) is 13.3 Å². The standard InChI is InChI=1S/C28H28N4O3/c1-34-21-11-9-20(10-12-21)27(32-14-16-35-17-15-32)19-30-28(33)23-18-26(25-8-4-5-13-29-25)31-24-7-3-2-6-22(23)24/h2-13,18,27H,14-17,19H2,1H3,(H,30,33). The molecule has 2 aromatic carbocycles. The highest BCUT2D eigenvalue weighted by molar-refractivity contribution is 6.07. The van der Waals surface area contributed by atoms with Crippen molar-refractivity contribution in [3.63, 3.8) is 0 Å². The van der Waals surface area contributed by atoms with Gasteiger partial charge in [-0.1, -0.05) is 36.4 Å². The summed E-state index contributed by atoms with van der Waals surface area (Å²) in [6, 6.07) is 23.3. The van der Waals surface area contributed by atoms with Gasteiger partial charge in [-0.15, -0.1) is 0 Å². The Bertz CT molecular complexity index is 1290. The third-order valence-corrected chi connectivity index (χ3v) is 6.33. The zero-order chi connectivity index (χ0) is 24.0. The molecular formula is C28H28N4O3. The van der Waals surface area contributed by atoms with E-state index in [0.717, 1.165) is 41.0 Å². The summed E-state index contributed by atoms with van der Waals surface area (Å²) in [4.78, 5) is 25.1. The van der Waals surface area contributed by atoms with E-state index in [1.165, 1.54) is 0 Å². The molecule has 0 radical (unpaired) electrons. The van der Waals surface area contributed by atoms with Gasteiger partial charge < -0.3 is 14.8 Å². The molecule has 0 bridgehead atoms. The topological polar surface area (TPSA) is 76.6 Å². The maximum Gasteiger partial charge on any atom is 0.252 e. The number of methoxy groups -OCH3 is 1. The molecular weight excluding hydrogens is 440 g/mol. The highest BCUT2D eigenvalue weighted by atomic mass is 16.5. The van der Waals surface area contributed by atoms with Crippen LogP contribution < -0.4 is 10.1 Å². The monoisotopic (exact) mass is 468 g/mol. The zero-order valence-corrected chi connectivity index (χ0v) is 19.7. The van der Waals surface area contributed by atoms with E-state index in [1.807, 2.05) is 60.7 Å². The van der Waals surface area contributed by atoms with E-state index in [-0.39, 0.29) is 11.9 Å². The van der Waals surface area contributed by atoms with Gasteiger partial charge in [0, 0.05) is 31.2 Å². The zero-order valence-electron chi connectivity index (χ0n) is 19.7. The predicted octanol–water partition coefficient (Wildman–Crippen LogP) is 4.11. The quantitative estimate of drug-likeness (QED) is 0.440. The van der Waals surface area contributed by atoms with E-state index in [4.69, 9.17) is 14.5 Å². The number of pyridine rings is 2. The summed E-state index contributed by atoms with van der Waals surface area (Å²) in [7, 11) is 1.66. The van der Waals surface area contributed by atoms with Crippen molar-refractivity contribution in [2.45, 2.75) is 6.04 Å². The number of fused-ring (bicyclic) bond motifs is 1. The SMILES string of the molecule is COc1ccc(C(CNC(=O)c2cc(-c3ccccn3)nc3ccccc23)N2CCOCC2)cc1. The first kappa shape index (κ1) is 23.0. The second-order valence-corrected chi connectivity index (χ2v) is 8.43. The molecule has 2 aromatic heterocycles. The van der Waals surface area contributed by atoms with Gasteiger partial charge in [0.25, 0.3) is 5.91 Å². The molecule has 0 spiro atoms. The molecule has 4 aromatic rings. The molecule has 1 aliphatic heterocycles. The van der Waals surface area contributed by atoms with Gasteiger partial charge in [-0.05, 0) is 42.0 Å². The van der Waals surface area contributed by atoms with Crippen LogP contribution in [0.15, 0.2) is 79.0 Å². The summed E-state index contributed by atoms with van der Waals surface area (Å²) in [6.07, 6.45) is 1.73. The van der Waals surface area contributed by atoms with Gasteiger partial charge in [0.2, 0.25) is 0 Å². The van der Waals surface area contributed by atoms with Crippen LogP contribution in [-0.4, -0.2) is 60.7 Å². The minimum absolute atomic E-state index is 0.0251. The van der Waals surface area contributed by atoms with Crippen LogP contribution in [0.3, 0.4) is 0 Å². The Balaban J connectivity index is 1.43. The Morgan fingerprint density at radius 1 is 1.03 bits per heavy atom. The lowest BCUT2D eigenvalue weighted by Gasteiger charge is -2.35. The predicted molar refractivity (Wildman–Crippen MR) is 135 cm³/mol. The van der Waals surface area contributed by atoms with E-state index >= 15 is 0 Å². The molecule has 0 aliphatic carbocycles. The highest BCUT2D eigenvalue weighted by Crippen LogP contribution is 2.26. The van der Waals surface area contributed by atoms with Crippen molar-refractivity contribution in [2.75, 3.05) is 40.0 Å². The summed E-state index contributed by atoms with van der Waals surface area (Å²) < 4.78 is 10.9. The van der Waals surface area contributed by atoms with Crippen LogP contribution in [0.25, 0.3) is 22.3 Å². The third kappa shape index (κ3) is 5.16. The Morgan fingerprint density at radius 2 is 1.80 bits per heavy atom. The van der Waals surface area contributed by atoms with Crippen molar-refractivity contribution in [3.05, 3.63) is 90.1 Å². The van der Waals surface area contributed by atoms with Gasteiger partial charge in [0.05, 0.1) is 48.8 Å². The Morgan fingerprint density at radius 3 is 2.54 bits per heavy atom. The summed E-state index contributed by atoms with van der Waals surface area (Å²) >= 11 is 0. The number of ether oxygens (including phenoxy) is 2. The van der Waals surface area contributed by atoms with Crippen molar-refractivity contribution < 1.29 is 14.3 Å². The van der Waals surface area contributed by atoms with Crippen LogP contribution in [0.5, 0.6) is 5.75 Å². The number of rotatable bonds is 7. The number of nitrogens with zero attached hydrogens (tertiary/aromatic N) is 3. The number of amides is 1.